The van der Waals surface area contributed by atoms with Crippen molar-refractivity contribution in [2.45, 2.75) is 52.3 Å². The van der Waals surface area contributed by atoms with Crippen LogP contribution in [0.1, 0.15) is 46.2 Å². The first-order valence-corrected chi connectivity index (χ1v) is 12.2. The summed E-state index contributed by atoms with van der Waals surface area (Å²) in [5.74, 6) is -1.42. The van der Waals surface area contributed by atoms with Crippen LogP contribution in [0.25, 0.3) is 10.8 Å². The van der Waals surface area contributed by atoms with Crippen LogP contribution in [-0.2, 0) is 14.3 Å². The van der Waals surface area contributed by atoms with Crippen LogP contribution in [0.15, 0.2) is 66.7 Å². The molecule has 0 aliphatic heterocycles. The van der Waals surface area contributed by atoms with Gasteiger partial charge in [-0.15, -0.1) is 0 Å². The smallest absolute Gasteiger partial charge is 0.408 e. The molecule has 196 valence electrons. The third kappa shape index (κ3) is 7.00. The number of anilines is 1. The Kier molecular flexibility index (Phi) is 8.42. The number of rotatable bonds is 7. The molecule has 0 saturated heterocycles. The van der Waals surface area contributed by atoms with Gasteiger partial charge in [0, 0.05) is 18.3 Å². The number of phenolic OH excluding ortho intramolecular Hbond substituents is 1. The molecule has 3 N–H and O–H groups in total. The lowest BCUT2D eigenvalue weighted by molar-refractivity contribution is -0.140. The number of carbonyl (C=O) groups is 3. The average Bonchev–Trinajstić information content (AvgIpc) is 2.82. The zero-order valence-corrected chi connectivity index (χ0v) is 22.1. The highest BCUT2D eigenvalue weighted by atomic mass is 16.6. The standard InChI is InChI=1S/C29H35N3O5/c1-18(2)24(31-28(36)37-29(3,4)5)27(35)32(6)25(22-13-9-10-14-23(22)33)26(34)30-21-16-15-19-11-7-8-12-20(19)17-21/h7-18,24-25,33H,1-6H3,(H,30,34)(H,31,36). The van der Waals surface area contributed by atoms with E-state index in [1.54, 1.807) is 58.9 Å². The van der Waals surface area contributed by atoms with E-state index in [9.17, 15) is 19.5 Å². The molecule has 0 spiro atoms. The number of nitrogens with zero attached hydrogens (tertiary/aromatic N) is 1. The van der Waals surface area contributed by atoms with Crippen molar-refractivity contribution in [2.75, 3.05) is 12.4 Å². The Morgan fingerprint density at radius 1 is 0.919 bits per heavy atom. The Labute approximate surface area is 217 Å². The van der Waals surface area contributed by atoms with Gasteiger partial charge in [0.2, 0.25) is 5.91 Å². The summed E-state index contributed by atoms with van der Waals surface area (Å²) < 4.78 is 5.33. The van der Waals surface area contributed by atoms with E-state index in [2.05, 4.69) is 10.6 Å². The summed E-state index contributed by atoms with van der Waals surface area (Å²) >= 11 is 0. The van der Waals surface area contributed by atoms with E-state index >= 15 is 0 Å². The first-order chi connectivity index (χ1) is 17.4. The summed E-state index contributed by atoms with van der Waals surface area (Å²) in [5.41, 5.74) is 0.0762. The first-order valence-electron chi connectivity index (χ1n) is 12.2. The van der Waals surface area contributed by atoms with E-state index in [4.69, 9.17) is 4.74 Å². The van der Waals surface area contributed by atoms with Crippen molar-refractivity contribution in [3.63, 3.8) is 0 Å². The number of benzene rings is 3. The number of hydrogen-bond acceptors (Lipinski definition) is 5. The van der Waals surface area contributed by atoms with Crippen LogP contribution in [-0.4, -0.2) is 46.6 Å². The minimum absolute atomic E-state index is 0.123. The molecule has 0 aliphatic rings. The fourth-order valence-electron chi connectivity index (χ4n) is 4.02. The minimum Gasteiger partial charge on any atom is -0.508 e. The zero-order valence-electron chi connectivity index (χ0n) is 22.1. The lowest BCUT2D eigenvalue weighted by Crippen LogP contribution is -2.53. The van der Waals surface area contributed by atoms with E-state index in [1.165, 1.54) is 18.0 Å². The van der Waals surface area contributed by atoms with E-state index < -0.39 is 35.6 Å². The van der Waals surface area contributed by atoms with Gasteiger partial charge in [-0.05, 0) is 55.7 Å². The molecule has 0 radical (unpaired) electrons. The van der Waals surface area contributed by atoms with Gasteiger partial charge in [0.15, 0.2) is 0 Å². The Morgan fingerprint density at radius 3 is 2.16 bits per heavy atom. The lowest BCUT2D eigenvalue weighted by atomic mass is 9.99. The molecule has 8 nitrogen and oxygen atoms in total. The Bertz CT molecular complexity index is 1280. The summed E-state index contributed by atoms with van der Waals surface area (Å²) in [4.78, 5) is 41.0. The van der Waals surface area contributed by atoms with Crippen LogP contribution < -0.4 is 10.6 Å². The van der Waals surface area contributed by atoms with Crippen molar-refractivity contribution < 1.29 is 24.2 Å². The number of para-hydroxylation sites is 1. The topological polar surface area (TPSA) is 108 Å². The van der Waals surface area contributed by atoms with Crippen molar-refractivity contribution in [1.29, 1.82) is 0 Å². The van der Waals surface area contributed by atoms with Crippen LogP contribution in [0.5, 0.6) is 5.75 Å². The second-order valence-electron chi connectivity index (χ2n) is 10.3. The van der Waals surface area contributed by atoms with Gasteiger partial charge < -0.3 is 25.4 Å². The maximum Gasteiger partial charge on any atom is 0.408 e. The fourth-order valence-corrected chi connectivity index (χ4v) is 4.02. The van der Waals surface area contributed by atoms with Gasteiger partial charge in [-0.3, -0.25) is 9.59 Å². The number of alkyl carbamates (subject to hydrolysis) is 1. The molecule has 8 heteroatoms. The summed E-state index contributed by atoms with van der Waals surface area (Å²) in [7, 11) is 1.48. The van der Waals surface area contributed by atoms with Gasteiger partial charge in [-0.25, -0.2) is 4.79 Å². The molecule has 37 heavy (non-hydrogen) atoms. The highest BCUT2D eigenvalue weighted by molar-refractivity contribution is 6.00. The predicted octanol–water partition coefficient (Wildman–Crippen LogP) is 5.23. The van der Waals surface area contributed by atoms with Crippen LogP contribution in [0.3, 0.4) is 0 Å². The molecule has 3 aromatic rings. The molecular weight excluding hydrogens is 470 g/mol. The molecule has 2 unspecified atom stereocenters. The average molecular weight is 506 g/mol. The van der Waals surface area contributed by atoms with Crippen molar-refractivity contribution in [3.8, 4) is 5.75 Å². The Morgan fingerprint density at radius 2 is 1.54 bits per heavy atom. The number of likely N-dealkylation sites (N-methyl/N-ethyl adjacent to an activating group) is 1. The van der Waals surface area contributed by atoms with Crippen LogP contribution in [0, 0.1) is 5.92 Å². The number of nitrogens with one attached hydrogen (secondary N) is 2. The van der Waals surface area contributed by atoms with E-state index in [-0.39, 0.29) is 17.2 Å². The number of carbonyl (C=O) groups excluding carboxylic acids is 3. The number of fused-ring (bicyclic) bond motifs is 1. The lowest BCUT2D eigenvalue weighted by Gasteiger charge is -2.33. The molecule has 3 amide bonds. The number of aromatic hydroxyl groups is 1. The molecule has 0 heterocycles. The molecule has 0 bridgehead atoms. The molecule has 0 aliphatic carbocycles. The quantitative estimate of drug-likeness (QED) is 0.407. The Balaban J connectivity index is 1.92. The Hall–Kier alpha value is -4.07. The molecule has 0 aromatic heterocycles. The molecule has 2 atom stereocenters. The van der Waals surface area contributed by atoms with E-state index in [1.807, 2.05) is 36.4 Å². The molecule has 3 aromatic carbocycles. The van der Waals surface area contributed by atoms with Gasteiger partial charge in [0.05, 0.1) is 0 Å². The van der Waals surface area contributed by atoms with Crippen molar-refractivity contribution in [2.24, 2.45) is 5.92 Å². The molecule has 0 fully saturated rings. The second-order valence-corrected chi connectivity index (χ2v) is 10.3. The fraction of sp³-hybridized carbons (Fsp3) is 0.345. The SMILES string of the molecule is CC(C)C(NC(=O)OC(C)(C)C)C(=O)N(C)C(C(=O)Nc1ccc2ccccc2c1)c1ccccc1O. The van der Waals surface area contributed by atoms with Crippen LogP contribution in [0.2, 0.25) is 0 Å². The number of phenols is 1. The highest BCUT2D eigenvalue weighted by Crippen LogP contribution is 2.30. The summed E-state index contributed by atoms with van der Waals surface area (Å²) in [6.45, 7) is 8.78. The predicted molar refractivity (Wildman–Crippen MR) is 144 cm³/mol. The zero-order chi connectivity index (χ0) is 27.3. The maximum atomic E-state index is 13.6. The summed E-state index contributed by atoms with van der Waals surface area (Å²) in [6.07, 6.45) is -0.729. The first kappa shape index (κ1) is 27.5. The van der Waals surface area contributed by atoms with Crippen molar-refractivity contribution in [3.05, 3.63) is 72.3 Å². The monoisotopic (exact) mass is 505 g/mol. The third-order valence-electron chi connectivity index (χ3n) is 5.84. The van der Waals surface area contributed by atoms with Gasteiger partial charge >= 0.3 is 6.09 Å². The minimum atomic E-state index is -1.16. The number of hydrogen-bond donors (Lipinski definition) is 3. The van der Waals surface area contributed by atoms with Crippen molar-refractivity contribution >= 4 is 34.4 Å². The summed E-state index contributed by atoms with van der Waals surface area (Å²) in [5, 5.41) is 18.1. The molecule has 3 rings (SSSR count). The molecule has 0 saturated carbocycles. The largest absolute Gasteiger partial charge is 0.508 e. The van der Waals surface area contributed by atoms with Gasteiger partial charge in [-0.2, -0.15) is 0 Å². The third-order valence-corrected chi connectivity index (χ3v) is 5.84. The maximum absolute atomic E-state index is 13.6. The van der Waals surface area contributed by atoms with Crippen LogP contribution in [0.4, 0.5) is 10.5 Å². The summed E-state index contributed by atoms with van der Waals surface area (Å²) in [6, 6.07) is 17.5. The number of amides is 3. The number of ether oxygens (including phenoxy) is 1. The van der Waals surface area contributed by atoms with Gasteiger partial charge in [0.25, 0.3) is 5.91 Å². The highest BCUT2D eigenvalue weighted by Gasteiger charge is 2.36. The second kappa shape index (κ2) is 11.3. The molecular formula is C29H35N3O5. The van der Waals surface area contributed by atoms with Gasteiger partial charge in [-0.1, -0.05) is 62.4 Å². The van der Waals surface area contributed by atoms with Gasteiger partial charge in [0.1, 0.15) is 23.4 Å². The van der Waals surface area contributed by atoms with Crippen LogP contribution >= 0.6 is 0 Å². The normalized spacial score (nSPS) is 13.1. The van der Waals surface area contributed by atoms with E-state index in [0.29, 0.717) is 5.69 Å². The van der Waals surface area contributed by atoms with Crippen molar-refractivity contribution in [1.82, 2.24) is 10.2 Å². The van der Waals surface area contributed by atoms with E-state index in [0.717, 1.165) is 10.8 Å².